The predicted octanol–water partition coefficient (Wildman–Crippen LogP) is 1.11. The highest BCUT2D eigenvalue weighted by Crippen LogP contribution is 2.26. The largest absolute Gasteiger partial charge is 0.433 e. The minimum Gasteiger partial charge on any atom is -0.269 e. The Balaban J connectivity index is 2.79. The van der Waals surface area contributed by atoms with Crippen LogP contribution < -0.4 is 5.56 Å². The quantitative estimate of drug-likeness (QED) is 0.661. The Labute approximate surface area is 81.0 Å². The van der Waals surface area contributed by atoms with Crippen LogP contribution in [0.3, 0.4) is 0 Å². The molecule has 0 atom stereocenters. The van der Waals surface area contributed by atoms with Crippen LogP contribution in [0, 0.1) is 0 Å². The van der Waals surface area contributed by atoms with E-state index in [9.17, 15) is 18.0 Å². The van der Waals surface area contributed by atoms with Crippen LogP contribution in [-0.2, 0) is 6.18 Å². The Bertz CT molecular complexity index is 561. The molecular formula is C8H4F3N3O. The van der Waals surface area contributed by atoms with E-state index in [1.807, 2.05) is 0 Å². The lowest BCUT2D eigenvalue weighted by atomic mass is 10.4. The van der Waals surface area contributed by atoms with E-state index in [1.54, 1.807) is 0 Å². The number of aromatic nitrogens is 3. The summed E-state index contributed by atoms with van der Waals surface area (Å²) in [4.78, 5) is 18.0. The van der Waals surface area contributed by atoms with E-state index in [-0.39, 0.29) is 5.78 Å². The highest BCUT2D eigenvalue weighted by molar-refractivity contribution is 5.28. The zero-order chi connectivity index (χ0) is 11.1. The maximum atomic E-state index is 12.3. The van der Waals surface area contributed by atoms with Gasteiger partial charge in [-0.2, -0.15) is 13.2 Å². The van der Waals surface area contributed by atoms with E-state index in [0.29, 0.717) is 6.07 Å². The lowest BCUT2D eigenvalue weighted by Crippen LogP contribution is -2.20. The minimum atomic E-state index is -4.63. The van der Waals surface area contributed by atoms with Crippen molar-refractivity contribution < 1.29 is 13.2 Å². The van der Waals surface area contributed by atoms with Gasteiger partial charge in [0.15, 0.2) is 5.69 Å². The third-order valence-electron chi connectivity index (χ3n) is 1.74. The number of hydrogen-bond donors (Lipinski definition) is 0. The number of nitrogens with zero attached hydrogens (tertiary/aromatic N) is 3. The van der Waals surface area contributed by atoms with Crippen molar-refractivity contribution in [1.29, 1.82) is 0 Å². The molecule has 2 aromatic rings. The van der Waals surface area contributed by atoms with Crippen molar-refractivity contribution >= 4 is 5.78 Å². The first-order valence-electron chi connectivity index (χ1n) is 3.90. The fraction of sp³-hybridized carbons (Fsp3) is 0.125. The van der Waals surface area contributed by atoms with Crippen LogP contribution in [0.5, 0.6) is 0 Å². The maximum absolute atomic E-state index is 12.3. The summed E-state index contributed by atoms with van der Waals surface area (Å²) in [5.74, 6) is -0.266. The molecule has 2 rings (SSSR count). The third kappa shape index (κ3) is 1.67. The number of rotatable bonds is 0. The third-order valence-corrected chi connectivity index (χ3v) is 1.74. The second kappa shape index (κ2) is 3.04. The number of halogens is 3. The van der Waals surface area contributed by atoms with Gasteiger partial charge in [-0.1, -0.05) is 0 Å². The van der Waals surface area contributed by atoms with Crippen molar-refractivity contribution in [1.82, 2.24) is 14.4 Å². The van der Waals surface area contributed by atoms with Crippen LogP contribution in [0.25, 0.3) is 5.78 Å². The van der Waals surface area contributed by atoms with Gasteiger partial charge in [0, 0.05) is 18.5 Å². The summed E-state index contributed by atoms with van der Waals surface area (Å²) in [7, 11) is 0. The summed E-state index contributed by atoms with van der Waals surface area (Å²) in [6.45, 7) is 0. The normalized spacial score (nSPS) is 11.9. The summed E-state index contributed by atoms with van der Waals surface area (Å²) < 4.78 is 37.7. The van der Waals surface area contributed by atoms with E-state index in [2.05, 4.69) is 9.97 Å². The summed E-state index contributed by atoms with van der Waals surface area (Å²) >= 11 is 0. The number of fused-ring (bicyclic) bond motifs is 1. The topological polar surface area (TPSA) is 47.3 Å². The van der Waals surface area contributed by atoms with E-state index >= 15 is 0 Å². The fourth-order valence-electron chi connectivity index (χ4n) is 1.09. The molecule has 0 saturated heterocycles. The maximum Gasteiger partial charge on any atom is 0.433 e. The molecule has 4 nitrogen and oxygen atoms in total. The van der Waals surface area contributed by atoms with Crippen LogP contribution in [0.1, 0.15) is 5.69 Å². The van der Waals surface area contributed by atoms with Gasteiger partial charge >= 0.3 is 6.18 Å². The van der Waals surface area contributed by atoms with Crippen molar-refractivity contribution in [2.45, 2.75) is 6.18 Å². The molecular weight excluding hydrogens is 211 g/mol. The number of hydrogen-bond acceptors (Lipinski definition) is 3. The Morgan fingerprint density at radius 3 is 2.73 bits per heavy atom. The van der Waals surface area contributed by atoms with Gasteiger partial charge in [0.25, 0.3) is 5.56 Å². The zero-order valence-corrected chi connectivity index (χ0v) is 7.19. The summed E-state index contributed by atoms with van der Waals surface area (Å²) in [5, 5.41) is 0. The van der Waals surface area contributed by atoms with Crippen molar-refractivity contribution in [3.63, 3.8) is 0 Å². The first-order valence-corrected chi connectivity index (χ1v) is 3.90. The van der Waals surface area contributed by atoms with Gasteiger partial charge in [-0.05, 0) is 6.07 Å². The standard InChI is InChI=1S/C8H4F3N3O/c9-8(10,11)5-4-6(15)14-3-1-2-12-7(14)13-5/h1-4H. The molecule has 2 aromatic heterocycles. The molecule has 0 aliphatic carbocycles. The molecule has 0 spiro atoms. The smallest absolute Gasteiger partial charge is 0.269 e. The molecule has 0 amide bonds. The van der Waals surface area contributed by atoms with Gasteiger partial charge in [-0.25, -0.2) is 9.97 Å². The summed E-state index contributed by atoms with van der Waals surface area (Å²) in [6.07, 6.45) is -2.06. The molecule has 0 radical (unpaired) electrons. The lowest BCUT2D eigenvalue weighted by Gasteiger charge is -2.05. The molecule has 2 heterocycles. The highest BCUT2D eigenvalue weighted by atomic mass is 19.4. The van der Waals surface area contributed by atoms with E-state index in [4.69, 9.17) is 0 Å². The molecule has 0 saturated carbocycles. The van der Waals surface area contributed by atoms with Crippen molar-refractivity contribution in [2.75, 3.05) is 0 Å². The van der Waals surface area contributed by atoms with Gasteiger partial charge in [0.1, 0.15) is 0 Å². The van der Waals surface area contributed by atoms with Crippen LogP contribution in [-0.4, -0.2) is 14.4 Å². The van der Waals surface area contributed by atoms with Crippen LogP contribution in [0.4, 0.5) is 13.2 Å². The fourth-order valence-corrected chi connectivity index (χ4v) is 1.09. The molecule has 0 unspecified atom stereocenters. The second-order valence-electron chi connectivity index (χ2n) is 2.77. The van der Waals surface area contributed by atoms with Gasteiger partial charge in [0.05, 0.1) is 0 Å². The van der Waals surface area contributed by atoms with Gasteiger partial charge < -0.3 is 0 Å². The molecule has 0 aliphatic heterocycles. The average Bonchev–Trinajstić information content (AvgIpc) is 2.16. The Morgan fingerprint density at radius 1 is 1.33 bits per heavy atom. The van der Waals surface area contributed by atoms with Gasteiger partial charge in [-0.15, -0.1) is 0 Å². The molecule has 15 heavy (non-hydrogen) atoms. The molecule has 0 N–H and O–H groups in total. The molecule has 0 fully saturated rings. The lowest BCUT2D eigenvalue weighted by molar-refractivity contribution is -0.141. The van der Waals surface area contributed by atoms with Gasteiger partial charge in [0.2, 0.25) is 5.78 Å². The van der Waals surface area contributed by atoms with E-state index in [1.165, 1.54) is 18.5 Å². The Kier molecular flexibility index (Phi) is 1.95. The molecule has 78 valence electrons. The van der Waals surface area contributed by atoms with Crippen molar-refractivity contribution in [3.8, 4) is 0 Å². The molecule has 0 aliphatic rings. The van der Waals surface area contributed by atoms with Crippen molar-refractivity contribution in [2.24, 2.45) is 0 Å². The summed E-state index contributed by atoms with van der Waals surface area (Å²) in [6, 6.07) is 1.87. The first kappa shape index (κ1) is 9.63. The molecule has 7 heteroatoms. The SMILES string of the molecule is O=c1cc(C(F)(F)F)nc2ncccn12. The Hall–Kier alpha value is -1.92. The van der Waals surface area contributed by atoms with Crippen molar-refractivity contribution in [3.05, 3.63) is 40.6 Å². The first-order chi connectivity index (χ1) is 6.98. The zero-order valence-electron chi connectivity index (χ0n) is 7.19. The second-order valence-corrected chi connectivity index (χ2v) is 2.77. The number of alkyl halides is 3. The highest BCUT2D eigenvalue weighted by Gasteiger charge is 2.33. The van der Waals surface area contributed by atoms with E-state index in [0.717, 1.165) is 4.40 Å². The molecule has 0 bridgehead atoms. The van der Waals surface area contributed by atoms with E-state index < -0.39 is 17.4 Å². The van der Waals surface area contributed by atoms with Crippen LogP contribution in [0.2, 0.25) is 0 Å². The van der Waals surface area contributed by atoms with Crippen LogP contribution in [0.15, 0.2) is 29.3 Å². The predicted molar refractivity (Wildman–Crippen MR) is 44.3 cm³/mol. The average molecular weight is 215 g/mol. The summed E-state index contributed by atoms with van der Waals surface area (Å²) in [5.41, 5.74) is -2.04. The minimum absolute atomic E-state index is 0.266. The molecule has 0 aromatic carbocycles. The van der Waals surface area contributed by atoms with Crippen LogP contribution >= 0.6 is 0 Å². The van der Waals surface area contributed by atoms with Gasteiger partial charge in [-0.3, -0.25) is 9.20 Å². The monoisotopic (exact) mass is 215 g/mol. The Morgan fingerprint density at radius 2 is 2.07 bits per heavy atom.